The van der Waals surface area contributed by atoms with Crippen molar-refractivity contribution in [1.29, 1.82) is 5.26 Å². The fourth-order valence-corrected chi connectivity index (χ4v) is 2.97. The van der Waals surface area contributed by atoms with E-state index in [-0.39, 0.29) is 21.1 Å². The first-order valence-electron chi connectivity index (χ1n) is 5.60. The molecule has 0 aromatic heterocycles. The largest absolute Gasteiger partial charge is 0.492 e. The smallest absolute Gasteiger partial charge is 0.265 e. The highest BCUT2D eigenvalue weighted by atomic mass is 35.7. The Bertz CT molecular complexity index is 633. The highest BCUT2D eigenvalue weighted by molar-refractivity contribution is 8.13. The van der Waals surface area contributed by atoms with E-state index in [9.17, 15) is 8.42 Å². The second-order valence-electron chi connectivity index (χ2n) is 4.65. The molecule has 0 radical (unpaired) electrons. The molecule has 0 amide bonds. The maximum absolute atomic E-state index is 11.4. The van der Waals surface area contributed by atoms with Crippen LogP contribution in [-0.4, -0.2) is 15.0 Å². The van der Waals surface area contributed by atoms with Crippen molar-refractivity contribution in [2.75, 3.05) is 6.61 Å². The van der Waals surface area contributed by atoms with Crippen molar-refractivity contribution in [3.8, 4) is 11.8 Å². The second-order valence-corrected chi connectivity index (χ2v) is 7.62. The van der Waals surface area contributed by atoms with E-state index in [2.05, 4.69) is 6.07 Å². The molecule has 0 heterocycles. The number of halogens is 2. The Morgan fingerprint density at radius 1 is 1.42 bits per heavy atom. The zero-order valence-corrected chi connectivity index (χ0v) is 12.2. The maximum Gasteiger partial charge on any atom is 0.265 e. The van der Waals surface area contributed by atoms with Gasteiger partial charge < -0.3 is 4.74 Å². The molecule has 1 aromatic carbocycles. The number of hydrogen-bond donors (Lipinski definition) is 0. The number of rotatable bonds is 5. The molecule has 0 bridgehead atoms. The Balaban J connectivity index is 2.20. The fraction of sp³-hybridized carbons (Fsp3) is 0.417. The lowest BCUT2D eigenvalue weighted by atomic mass is 10.1. The van der Waals surface area contributed by atoms with Crippen LogP contribution in [0.3, 0.4) is 0 Å². The Hall–Kier alpha value is -0.960. The minimum absolute atomic E-state index is 0.137. The van der Waals surface area contributed by atoms with Crippen LogP contribution in [0.25, 0.3) is 0 Å². The fourth-order valence-electron chi connectivity index (χ4n) is 1.74. The van der Waals surface area contributed by atoms with Gasteiger partial charge in [-0.3, -0.25) is 0 Å². The van der Waals surface area contributed by atoms with Crippen molar-refractivity contribution < 1.29 is 13.2 Å². The molecular weight excluding hydrogens is 309 g/mol. The lowest BCUT2D eigenvalue weighted by molar-refractivity contribution is 0.231. The zero-order chi connectivity index (χ0) is 14.1. The summed E-state index contributed by atoms with van der Waals surface area (Å²) in [6.45, 7) is 0.307. The second kappa shape index (κ2) is 5.20. The average molecular weight is 320 g/mol. The molecule has 1 fully saturated rings. The van der Waals surface area contributed by atoms with E-state index >= 15 is 0 Å². The first kappa shape index (κ1) is 14.4. The molecule has 0 atom stereocenters. The summed E-state index contributed by atoms with van der Waals surface area (Å²) >= 11 is 5.75. The highest BCUT2D eigenvalue weighted by Crippen LogP contribution is 2.49. The van der Waals surface area contributed by atoms with E-state index in [0.29, 0.717) is 13.0 Å². The third kappa shape index (κ3) is 3.53. The minimum Gasteiger partial charge on any atom is -0.492 e. The molecule has 4 nitrogen and oxygen atoms in total. The van der Waals surface area contributed by atoms with Crippen molar-refractivity contribution in [3.05, 3.63) is 23.2 Å². The van der Waals surface area contributed by atoms with Crippen LogP contribution >= 0.6 is 22.3 Å². The van der Waals surface area contributed by atoms with Crippen molar-refractivity contribution in [2.24, 2.45) is 5.41 Å². The summed E-state index contributed by atoms with van der Waals surface area (Å²) in [5, 5.41) is 8.99. The molecule has 102 valence electrons. The summed E-state index contributed by atoms with van der Waals surface area (Å²) < 4.78 is 28.4. The quantitative estimate of drug-likeness (QED) is 0.780. The van der Waals surface area contributed by atoms with E-state index in [0.717, 1.165) is 12.8 Å². The Kier molecular flexibility index (Phi) is 3.95. The van der Waals surface area contributed by atoms with Gasteiger partial charge in [-0.2, -0.15) is 5.26 Å². The summed E-state index contributed by atoms with van der Waals surface area (Å²) in [6.07, 6.45) is 2.23. The molecule has 1 aliphatic carbocycles. The molecule has 0 N–H and O–H groups in total. The Morgan fingerprint density at radius 2 is 2.11 bits per heavy atom. The third-order valence-electron chi connectivity index (χ3n) is 3.11. The van der Waals surface area contributed by atoms with Crippen molar-refractivity contribution >= 4 is 31.3 Å². The van der Waals surface area contributed by atoms with Gasteiger partial charge in [-0.1, -0.05) is 11.6 Å². The third-order valence-corrected chi connectivity index (χ3v) is 4.69. The molecular formula is C12H11Cl2NO3S. The van der Waals surface area contributed by atoms with Gasteiger partial charge in [-0.05, 0) is 31.0 Å². The number of benzene rings is 1. The topological polar surface area (TPSA) is 67.2 Å². The van der Waals surface area contributed by atoms with Crippen LogP contribution in [-0.2, 0) is 9.05 Å². The van der Waals surface area contributed by atoms with E-state index in [1.165, 1.54) is 18.2 Å². The molecule has 0 saturated heterocycles. The zero-order valence-electron chi connectivity index (χ0n) is 9.90. The minimum atomic E-state index is -3.92. The summed E-state index contributed by atoms with van der Waals surface area (Å²) in [5.74, 6) is 0.170. The van der Waals surface area contributed by atoms with Crippen LogP contribution in [0.5, 0.6) is 5.75 Å². The van der Waals surface area contributed by atoms with Gasteiger partial charge in [0.2, 0.25) is 0 Å². The van der Waals surface area contributed by atoms with Crippen LogP contribution in [0, 0.1) is 16.7 Å². The van der Waals surface area contributed by atoms with Gasteiger partial charge in [0.1, 0.15) is 10.6 Å². The first-order chi connectivity index (χ1) is 8.86. The summed E-state index contributed by atoms with van der Waals surface area (Å²) in [4.78, 5) is -0.144. The normalized spacial score (nSPS) is 16.7. The molecule has 19 heavy (non-hydrogen) atoms. The number of nitriles is 1. The van der Waals surface area contributed by atoms with Gasteiger partial charge in [-0.15, -0.1) is 0 Å². The molecule has 0 spiro atoms. The van der Waals surface area contributed by atoms with Crippen LogP contribution in [0.1, 0.15) is 19.3 Å². The molecule has 1 saturated carbocycles. The van der Waals surface area contributed by atoms with Gasteiger partial charge in [0.15, 0.2) is 0 Å². The van der Waals surface area contributed by atoms with Gasteiger partial charge >= 0.3 is 0 Å². The summed E-state index contributed by atoms with van der Waals surface area (Å²) in [5.41, 5.74) is -0.137. The molecule has 2 rings (SSSR count). The van der Waals surface area contributed by atoms with E-state index in [1.54, 1.807) is 0 Å². The van der Waals surface area contributed by atoms with Crippen LogP contribution in [0.4, 0.5) is 0 Å². The average Bonchev–Trinajstić information content (AvgIpc) is 3.07. The SMILES string of the molecule is N#CCC1(COc2ccc(Cl)cc2S(=O)(=O)Cl)CC1. The van der Waals surface area contributed by atoms with E-state index in [4.69, 9.17) is 32.3 Å². The monoisotopic (exact) mass is 319 g/mol. The number of hydrogen-bond acceptors (Lipinski definition) is 4. The predicted octanol–water partition coefficient (Wildman–Crippen LogP) is 3.34. The molecule has 0 aliphatic heterocycles. The van der Waals surface area contributed by atoms with Crippen molar-refractivity contribution in [2.45, 2.75) is 24.2 Å². The van der Waals surface area contributed by atoms with Crippen LogP contribution < -0.4 is 4.74 Å². The number of ether oxygens (including phenoxy) is 1. The predicted molar refractivity (Wildman–Crippen MR) is 71.9 cm³/mol. The molecule has 0 unspecified atom stereocenters. The molecule has 1 aromatic rings. The van der Waals surface area contributed by atoms with Gasteiger partial charge in [0, 0.05) is 27.5 Å². The summed E-state index contributed by atoms with van der Waals surface area (Å²) in [6, 6.07) is 6.37. The standard InChI is InChI=1S/C12H11Cl2NO3S/c13-9-1-2-10(11(7-9)19(14,16)17)18-8-12(3-4-12)5-6-15/h1-2,7H,3-5,8H2. The van der Waals surface area contributed by atoms with Gasteiger partial charge in [0.25, 0.3) is 9.05 Å². The molecule has 1 aliphatic rings. The highest BCUT2D eigenvalue weighted by Gasteiger charge is 2.43. The van der Waals surface area contributed by atoms with Gasteiger partial charge in [0.05, 0.1) is 12.7 Å². The first-order valence-corrected chi connectivity index (χ1v) is 8.29. The molecule has 7 heteroatoms. The lowest BCUT2D eigenvalue weighted by Gasteiger charge is -2.14. The van der Waals surface area contributed by atoms with Crippen molar-refractivity contribution in [1.82, 2.24) is 0 Å². The van der Waals surface area contributed by atoms with Crippen LogP contribution in [0.15, 0.2) is 23.1 Å². The lowest BCUT2D eigenvalue weighted by Crippen LogP contribution is -2.13. The number of nitrogens with zero attached hydrogens (tertiary/aromatic N) is 1. The van der Waals surface area contributed by atoms with E-state index in [1.807, 2.05) is 0 Å². The summed E-state index contributed by atoms with van der Waals surface area (Å²) in [7, 11) is 1.43. The Morgan fingerprint density at radius 3 is 2.63 bits per heavy atom. The Labute approximate surface area is 121 Å². The maximum atomic E-state index is 11.4. The van der Waals surface area contributed by atoms with Gasteiger partial charge in [-0.25, -0.2) is 8.42 Å². The van der Waals surface area contributed by atoms with Crippen LogP contribution in [0.2, 0.25) is 5.02 Å². The van der Waals surface area contributed by atoms with Crippen molar-refractivity contribution in [3.63, 3.8) is 0 Å². The van der Waals surface area contributed by atoms with E-state index < -0.39 is 9.05 Å².